The normalized spacial score (nSPS) is 29.6. The van der Waals surface area contributed by atoms with Gasteiger partial charge in [-0.15, -0.1) is 0 Å². The van der Waals surface area contributed by atoms with E-state index in [4.69, 9.17) is 19.9 Å². The molecule has 2 saturated carbocycles. The molecule has 2 atom stereocenters. The summed E-state index contributed by atoms with van der Waals surface area (Å²) in [5.74, 6) is 2.66. The minimum atomic E-state index is -0.420. The number of rotatable bonds is 8. The molecule has 0 bridgehead atoms. The van der Waals surface area contributed by atoms with Crippen LogP contribution in [0.1, 0.15) is 71.1 Å². The molecule has 0 aromatic carbocycles. The smallest absolute Gasteiger partial charge is 0.177 e. The first-order valence-electron chi connectivity index (χ1n) is 10.9. The van der Waals surface area contributed by atoms with Crippen molar-refractivity contribution in [3.8, 4) is 12.0 Å². The Labute approximate surface area is 170 Å². The molecule has 1 spiro atoms. The monoisotopic (exact) mass is 387 g/mol. The van der Waals surface area contributed by atoms with Crippen molar-refractivity contribution in [1.29, 1.82) is 0 Å². The van der Waals surface area contributed by atoms with Crippen LogP contribution < -0.4 is 5.73 Å². The lowest BCUT2D eigenvalue weighted by Gasteiger charge is -2.46. The van der Waals surface area contributed by atoms with Crippen LogP contribution in [0.4, 0.5) is 0 Å². The van der Waals surface area contributed by atoms with Crippen LogP contribution in [0, 0.1) is 22.8 Å². The number of nitrogens with two attached hydrogens (primary N) is 1. The van der Waals surface area contributed by atoms with E-state index >= 15 is 0 Å². The van der Waals surface area contributed by atoms with Gasteiger partial charge in [-0.3, -0.25) is 0 Å². The van der Waals surface area contributed by atoms with Crippen molar-refractivity contribution in [3.05, 3.63) is 24.3 Å². The molecule has 156 valence electrons. The average Bonchev–Trinajstić information content (AvgIpc) is 3.15. The maximum atomic E-state index is 6.08. The van der Waals surface area contributed by atoms with Crippen LogP contribution in [0.3, 0.4) is 0 Å². The Kier molecular flexibility index (Phi) is 7.25. The molecule has 4 heteroatoms. The highest BCUT2D eigenvalue weighted by Gasteiger charge is 2.52. The third-order valence-corrected chi connectivity index (χ3v) is 7.22. The molecule has 3 fully saturated rings. The van der Waals surface area contributed by atoms with Crippen molar-refractivity contribution in [2.45, 2.75) is 83.0 Å². The van der Waals surface area contributed by atoms with E-state index in [0.717, 1.165) is 32.1 Å². The van der Waals surface area contributed by atoms with Crippen LogP contribution in [-0.4, -0.2) is 32.2 Å². The Morgan fingerprint density at radius 3 is 2.46 bits per heavy atom. The first-order chi connectivity index (χ1) is 13.6. The molecule has 1 saturated heterocycles. The first kappa shape index (κ1) is 21.4. The molecule has 4 nitrogen and oxygen atoms in total. The van der Waals surface area contributed by atoms with Crippen molar-refractivity contribution < 1.29 is 14.2 Å². The molecule has 28 heavy (non-hydrogen) atoms. The Balaban J connectivity index is 1.54. The quantitative estimate of drug-likeness (QED) is 0.373. The molecule has 1 unspecified atom stereocenters. The third kappa shape index (κ3) is 4.64. The van der Waals surface area contributed by atoms with Crippen LogP contribution in [0.5, 0.6) is 0 Å². The molecule has 1 heterocycles. The molecular formula is C24H37NO3. The molecule has 0 aromatic heterocycles. The molecule has 2 aliphatic carbocycles. The zero-order valence-corrected chi connectivity index (χ0v) is 17.7. The lowest BCUT2D eigenvalue weighted by molar-refractivity contribution is -0.235. The van der Waals surface area contributed by atoms with Crippen molar-refractivity contribution in [3.63, 3.8) is 0 Å². The van der Waals surface area contributed by atoms with E-state index in [2.05, 4.69) is 43.2 Å². The number of allylic oxidation sites excluding steroid dienone is 2. The van der Waals surface area contributed by atoms with Gasteiger partial charge >= 0.3 is 0 Å². The van der Waals surface area contributed by atoms with E-state index in [1.54, 1.807) is 7.11 Å². The maximum absolute atomic E-state index is 6.08. The fraction of sp³-hybridized carbons (Fsp3) is 0.750. The van der Waals surface area contributed by atoms with Crippen LogP contribution >= 0.6 is 0 Å². The van der Waals surface area contributed by atoms with Gasteiger partial charge in [0.15, 0.2) is 5.79 Å². The fourth-order valence-corrected chi connectivity index (χ4v) is 5.09. The molecule has 3 rings (SSSR count). The van der Waals surface area contributed by atoms with Gasteiger partial charge in [0.2, 0.25) is 0 Å². The highest BCUT2D eigenvalue weighted by atomic mass is 16.7. The molecule has 0 radical (unpaired) electrons. The largest absolute Gasteiger partial charge is 0.377 e. The zero-order valence-electron chi connectivity index (χ0n) is 17.7. The SMILES string of the molecule is CO[C@H](/C=C/C=C/C1(C)CCCCC12OCCO2)CCC1(CC#CN)CCC1. The molecular weight excluding hydrogens is 350 g/mol. The van der Waals surface area contributed by atoms with Crippen molar-refractivity contribution in [2.75, 3.05) is 20.3 Å². The number of hydrogen-bond acceptors (Lipinski definition) is 4. The predicted octanol–water partition coefficient (Wildman–Crippen LogP) is 4.70. The summed E-state index contributed by atoms with van der Waals surface area (Å²) in [4.78, 5) is 0. The lowest BCUT2D eigenvalue weighted by Crippen LogP contribution is -2.48. The van der Waals surface area contributed by atoms with E-state index in [1.165, 1.54) is 32.1 Å². The Bertz CT molecular complexity index is 619. The van der Waals surface area contributed by atoms with Gasteiger partial charge in [0.1, 0.15) is 0 Å². The van der Waals surface area contributed by atoms with Gasteiger partial charge in [0.25, 0.3) is 0 Å². The molecule has 1 aliphatic heterocycles. The van der Waals surface area contributed by atoms with E-state index in [0.29, 0.717) is 18.6 Å². The van der Waals surface area contributed by atoms with E-state index in [1.807, 2.05) is 0 Å². The minimum absolute atomic E-state index is 0.0639. The zero-order chi connectivity index (χ0) is 19.9. The second-order valence-electron chi connectivity index (χ2n) is 8.98. The van der Waals surface area contributed by atoms with E-state index in [9.17, 15) is 0 Å². The summed E-state index contributed by atoms with van der Waals surface area (Å²) in [5, 5.41) is 0. The summed E-state index contributed by atoms with van der Waals surface area (Å²) in [6.45, 7) is 3.69. The van der Waals surface area contributed by atoms with Gasteiger partial charge in [0, 0.05) is 31.4 Å². The summed E-state index contributed by atoms with van der Waals surface area (Å²) < 4.78 is 17.9. The van der Waals surface area contributed by atoms with Gasteiger partial charge in [0.05, 0.1) is 19.3 Å². The van der Waals surface area contributed by atoms with Crippen LogP contribution in [0.15, 0.2) is 24.3 Å². The van der Waals surface area contributed by atoms with Gasteiger partial charge in [-0.2, -0.15) is 0 Å². The summed E-state index contributed by atoms with van der Waals surface area (Å²) in [7, 11) is 1.80. The van der Waals surface area contributed by atoms with Crippen molar-refractivity contribution in [2.24, 2.45) is 16.6 Å². The predicted molar refractivity (Wildman–Crippen MR) is 112 cm³/mol. The van der Waals surface area contributed by atoms with Gasteiger partial charge in [-0.1, -0.05) is 50.0 Å². The van der Waals surface area contributed by atoms with Gasteiger partial charge in [-0.25, -0.2) is 0 Å². The summed E-state index contributed by atoms with van der Waals surface area (Å²) in [6.07, 6.45) is 20.3. The maximum Gasteiger partial charge on any atom is 0.177 e. The molecule has 0 aromatic rings. The van der Waals surface area contributed by atoms with Crippen LogP contribution in [0.25, 0.3) is 0 Å². The number of methoxy groups -OCH3 is 1. The highest BCUT2D eigenvalue weighted by Crippen LogP contribution is 2.50. The number of hydrogen-bond donors (Lipinski definition) is 1. The summed E-state index contributed by atoms with van der Waals surface area (Å²) in [6, 6.07) is 2.57. The molecule has 0 amide bonds. The third-order valence-electron chi connectivity index (χ3n) is 7.22. The Hall–Kier alpha value is -1.28. The van der Waals surface area contributed by atoms with Gasteiger partial charge < -0.3 is 19.9 Å². The summed E-state index contributed by atoms with van der Waals surface area (Å²) >= 11 is 0. The first-order valence-corrected chi connectivity index (χ1v) is 10.9. The lowest BCUT2D eigenvalue weighted by atomic mass is 9.64. The average molecular weight is 388 g/mol. The van der Waals surface area contributed by atoms with E-state index in [-0.39, 0.29) is 11.5 Å². The molecule has 2 N–H and O–H groups in total. The topological polar surface area (TPSA) is 53.7 Å². The van der Waals surface area contributed by atoms with Crippen LogP contribution in [-0.2, 0) is 14.2 Å². The van der Waals surface area contributed by atoms with E-state index < -0.39 is 5.79 Å². The Morgan fingerprint density at radius 2 is 1.82 bits per heavy atom. The fourth-order valence-electron chi connectivity index (χ4n) is 5.09. The minimum Gasteiger partial charge on any atom is -0.377 e. The Morgan fingerprint density at radius 1 is 1.07 bits per heavy atom. The van der Waals surface area contributed by atoms with Crippen molar-refractivity contribution in [1.82, 2.24) is 0 Å². The van der Waals surface area contributed by atoms with Crippen LogP contribution in [0.2, 0.25) is 0 Å². The van der Waals surface area contributed by atoms with Gasteiger partial charge in [-0.05, 0) is 43.9 Å². The second kappa shape index (κ2) is 9.48. The summed E-state index contributed by atoms with van der Waals surface area (Å²) in [5.41, 5.74) is 5.67. The number of ether oxygens (including phenoxy) is 3. The standard InChI is InChI=1S/C24H37NO3/c1-22(12-5-6-16-24(22)27-19-20-28-24)11-4-3-9-21(26-2)10-17-23(13-7-14-23)15-8-18-25/h3-4,9,11,21H,5-7,10,12-17,19-20,25H2,1-2H3/b9-3+,11-4+/t21-,22?/m1/s1. The van der Waals surface area contributed by atoms with Crippen molar-refractivity contribution >= 4 is 0 Å². The highest BCUT2D eigenvalue weighted by molar-refractivity contribution is 5.15. The second-order valence-corrected chi connectivity index (χ2v) is 8.98. The molecule has 3 aliphatic rings.